The Balaban J connectivity index is 2.20. The van der Waals surface area contributed by atoms with Gasteiger partial charge in [-0.05, 0) is 14.1 Å². The van der Waals surface area contributed by atoms with Gasteiger partial charge in [0.2, 0.25) is 5.91 Å². The molecule has 1 atom stereocenters. The third-order valence-corrected chi connectivity index (χ3v) is 1.69. The number of amides is 1. The van der Waals surface area contributed by atoms with E-state index in [2.05, 4.69) is 4.90 Å². The van der Waals surface area contributed by atoms with Crippen molar-refractivity contribution in [2.45, 2.75) is 13.0 Å². The lowest BCUT2D eigenvalue weighted by molar-refractivity contribution is -0.124. The van der Waals surface area contributed by atoms with Crippen LogP contribution in [0.4, 0.5) is 0 Å². The zero-order chi connectivity index (χ0) is 7.72. The summed E-state index contributed by atoms with van der Waals surface area (Å²) >= 11 is 0. The Bertz CT molecular complexity index is 145. The summed E-state index contributed by atoms with van der Waals surface area (Å²) in [7, 11) is 4.05. The van der Waals surface area contributed by atoms with Gasteiger partial charge in [0.1, 0.15) is 0 Å². The van der Waals surface area contributed by atoms with E-state index >= 15 is 0 Å². The SMILES string of the molecule is CC(=O)N1CC1CN(C)C. The molecule has 0 radical (unpaired) electrons. The molecule has 1 unspecified atom stereocenters. The van der Waals surface area contributed by atoms with Crippen LogP contribution in [0.15, 0.2) is 0 Å². The molecular weight excluding hydrogens is 128 g/mol. The maximum atomic E-state index is 10.7. The normalized spacial score (nSPS) is 23.6. The van der Waals surface area contributed by atoms with Crippen LogP contribution in [0.5, 0.6) is 0 Å². The summed E-state index contributed by atoms with van der Waals surface area (Å²) in [6, 6.07) is 0.493. The van der Waals surface area contributed by atoms with Gasteiger partial charge in [0.15, 0.2) is 0 Å². The number of hydrogen-bond acceptors (Lipinski definition) is 2. The molecule has 1 aliphatic heterocycles. The Hall–Kier alpha value is -0.570. The van der Waals surface area contributed by atoms with Crippen LogP contribution in [0, 0.1) is 0 Å². The van der Waals surface area contributed by atoms with Gasteiger partial charge in [-0.25, -0.2) is 0 Å². The molecule has 1 amide bonds. The van der Waals surface area contributed by atoms with Gasteiger partial charge in [0.05, 0.1) is 6.04 Å². The molecule has 0 aromatic carbocycles. The van der Waals surface area contributed by atoms with Crippen molar-refractivity contribution in [3.63, 3.8) is 0 Å². The van der Waals surface area contributed by atoms with Crippen molar-refractivity contribution in [2.75, 3.05) is 27.2 Å². The lowest BCUT2D eigenvalue weighted by Gasteiger charge is -2.07. The van der Waals surface area contributed by atoms with Crippen LogP contribution < -0.4 is 0 Å². The highest BCUT2D eigenvalue weighted by atomic mass is 16.2. The van der Waals surface area contributed by atoms with E-state index < -0.39 is 0 Å². The summed E-state index contributed by atoms with van der Waals surface area (Å²) in [6.07, 6.45) is 0. The van der Waals surface area contributed by atoms with Crippen molar-refractivity contribution in [1.82, 2.24) is 9.80 Å². The van der Waals surface area contributed by atoms with Crippen molar-refractivity contribution < 1.29 is 4.79 Å². The molecule has 3 heteroatoms. The second-order valence-corrected chi connectivity index (χ2v) is 3.09. The van der Waals surface area contributed by atoms with Crippen LogP contribution in [0.1, 0.15) is 6.92 Å². The number of rotatable bonds is 2. The van der Waals surface area contributed by atoms with Crippen molar-refractivity contribution in [2.24, 2.45) is 0 Å². The fourth-order valence-corrected chi connectivity index (χ4v) is 1.14. The molecule has 0 spiro atoms. The topological polar surface area (TPSA) is 23.3 Å². The van der Waals surface area contributed by atoms with E-state index in [-0.39, 0.29) is 5.91 Å². The molecule has 0 aromatic rings. The van der Waals surface area contributed by atoms with Crippen LogP contribution in [0.2, 0.25) is 0 Å². The zero-order valence-electron chi connectivity index (χ0n) is 6.79. The van der Waals surface area contributed by atoms with E-state index in [1.54, 1.807) is 6.92 Å². The van der Waals surface area contributed by atoms with Crippen molar-refractivity contribution in [3.8, 4) is 0 Å². The number of hydrogen-bond donors (Lipinski definition) is 0. The van der Waals surface area contributed by atoms with Gasteiger partial charge in [-0.1, -0.05) is 0 Å². The standard InChI is InChI=1S/C7H14N2O/c1-6(10)9-5-7(9)4-8(2)3/h7H,4-5H2,1-3H3. The van der Waals surface area contributed by atoms with E-state index in [9.17, 15) is 4.79 Å². The fraction of sp³-hybridized carbons (Fsp3) is 0.857. The molecule has 1 fully saturated rings. The van der Waals surface area contributed by atoms with Gasteiger partial charge in [0, 0.05) is 20.0 Å². The molecule has 10 heavy (non-hydrogen) atoms. The molecule has 1 aliphatic rings. The number of nitrogens with zero attached hydrogens (tertiary/aromatic N) is 2. The highest BCUT2D eigenvalue weighted by Crippen LogP contribution is 2.16. The van der Waals surface area contributed by atoms with Crippen LogP contribution in [0.3, 0.4) is 0 Å². The van der Waals surface area contributed by atoms with E-state index in [1.165, 1.54) is 0 Å². The summed E-state index contributed by atoms with van der Waals surface area (Å²) in [6.45, 7) is 3.57. The van der Waals surface area contributed by atoms with Gasteiger partial charge in [-0.15, -0.1) is 0 Å². The smallest absolute Gasteiger partial charge is 0.219 e. The molecule has 1 rings (SSSR count). The molecule has 0 aliphatic carbocycles. The first-order valence-electron chi connectivity index (χ1n) is 3.53. The molecule has 0 bridgehead atoms. The minimum atomic E-state index is 0.201. The number of carbonyl (C=O) groups is 1. The number of carbonyl (C=O) groups excluding carboxylic acids is 1. The van der Waals surface area contributed by atoms with E-state index in [4.69, 9.17) is 0 Å². The molecule has 0 saturated carbocycles. The van der Waals surface area contributed by atoms with Crippen LogP contribution in [-0.4, -0.2) is 48.9 Å². The Labute approximate surface area is 61.6 Å². The van der Waals surface area contributed by atoms with Crippen molar-refractivity contribution >= 4 is 5.91 Å². The number of likely N-dealkylation sites (N-methyl/N-ethyl adjacent to an activating group) is 1. The Morgan fingerprint density at radius 3 is 2.60 bits per heavy atom. The predicted octanol–water partition coefficient (Wildman–Crippen LogP) is -0.221. The monoisotopic (exact) mass is 142 g/mol. The first-order valence-corrected chi connectivity index (χ1v) is 3.53. The first kappa shape index (κ1) is 7.54. The minimum absolute atomic E-state index is 0.201. The van der Waals surface area contributed by atoms with E-state index in [1.807, 2.05) is 19.0 Å². The molecule has 1 saturated heterocycles. The Morgan fingerprint density at radius 1 is 1.70 bits per heavy atom. The lowest BCUT2D eigenvalue weighted by atomic mass is 10.4. The molecule has 0 aromatic heterocycles. The largest absolute Gasteiger partial charge is 0.335 e. The second kappa shape index (κ2) is 2.58. The minimum Gasteiger partial charge on any atom is -0.335 e. The van der Waals surface area contributed by atoms with Gasteiger partial charge >= 0.3 is 0 Å². The van der Waals surface area contributed by atoms with Gasteiger partial charge in [0.25, 0.3) is 0 Å². The predicted molar refractivity (Wildman–Crippen MR) is 39.7 cm³/mol. The average Bonchev–Trinajstić information content (AvgIpc) is 2.43. The Morgan fingerprint density at radius 2 is 2.30 bits per heavy atom. The van der Waals surface area contributed by atoms with Gasteiger partial charge < -0.3 is 9.80 Å². The van der Waals surface area contributed by atoms with Gasteiger partial charge in [-0.3, -0.25) is 4.79 Å². The summed E-state index contributed by atoms with van der Waals surface area (Å²) < 4.78 is 0. The van der Waals surface area contributed by atoms with Crippen molar-refractivity contribution in [3.05, 3.63) is 0 Å². The fourth-order valence-electron chi connectivity index (χ4n) is 1.14. The maximum Gasteiger partial charge on any atom is 0.219 e. The summed E-state index contributed by atoms with van der Waals surface area (Å²) in [5.41, 5.74) is 0. The second-order valence-electron chi connectivity index (χ2n) is 3.09. The summed E-state index contributed by atoms with van der Waals surface area (Å²) in [5.74, 6) is 0.201. The van der Waals surface area contributed by atoms with Crippen molar-refractivity contribution in [1.29, 1.82) is 0 Å². The maximum absolute atomic E-state index is 10.7. The van der Waals surface area contributed by atoms with E-state index in [0.717, 1.165) is 13.1 Å². The van der Waals surface area contributed by atoms with Gasteiger partial charge in [-0.2, -0.15) is 0 Å². The van der Waals surface area contributed by atoms with Crippen LogP contribution in [-0.2, 0) is 4.79 Å². The quantitative estimate of drug-likeness (QED) is 0.497. The highest BCUT2D eigenvalue weighted by molar-refractivity contribution is 5.76. The Kier molecular flexibility index (Phi) is 1.94. The third-order valence-electron chi connectivity index (χ3n) is 1.69. The summed E-state index contributed by atoms with van der Waals surface area (Å²) in [4.78, 5) is 14.7. The first-order chi connectivity index (χ1) is 4.61. The van der Waals surface area contributed by atoms with Crippen LogP contribution >= 0.6 is 0 Å². The molecule has 0 N–H and O–H groups in total. The molecular formula is C7H14N2O. The summed E-state index contributed by atoms with van der Waals surface area (Å²) in [5, 5.41) is 0. The zero-order valence-corrected chi connectivity index (χ0v) is 6.79. The third kappa shape index (κ3) is 1.70. The average molecular weight is 142 g/mol. The van der Waals surface area contributed by atoms with Crippen LogP contribution in [0.25, 0.3) is 0 Å². The molecule has 1 heterocycles. The van der Waals surface area contributed by atoms with E-state index in [0.29, 0.717) is 6.04 Å². The lowest BCUT2D eigenvalue weighted by Crippen LogP contribution is -2.22. The molecule has 58 valence electrons. The molecule has 3 nitrogen and oxygen atoms in total. The highest BCUT2D eigenvalue weighted by Gasteiger charge is 2.35.